The van der Waals surface area contributed by atoms with Crippen LogP contribution in [-0.2, 0) is 9.59 Å². The topological polar surface area (TPSA) is 62.3 Å². The van der Waals surface area contributed by atoms with E-state index in [1.54, 1.807) is 11.1 Å². The summed E-state index contributed by atoms with van der Waals surface area (Å²) in [5.41, 5.74) is 0. The van der Waals surface area contributed by atoms with Crippen LogP contribution in [-0.4, -0.2) is 34.3 Å². The Morgan fingerprint density at radius 2 is 2.19 bits per heavy atom. The largest absolute Gasteiger partial charge is 0.330 e. The molecule has 116 valence electrons. The minimum absolute atomic E-state index is 0.0835. The molecule has 0 radical (unpaired) electrons. The van der Waals surface area contributed by atoms with E-state index in [0.717, 1.165) is 32.1 Å². The molecule has 1 aliphatic carbocycles. The van der Waals surface area contributed by atoms with E-state index in [2.05, 4.69) is 10.3 Å². The number of anilines is 1. The van der Waals surface area contributed by atoms with Crippen molar-refractivity contribution in [2.24, 2.45) is 5.92 Å². The van der Waals surface area contributed by atoms with E-state index < -0.39 is 0 Å². The van der Waals surface area contributed by atoms with Crippen molar-refractivity contribution in [1.29, 1.82) is 0 Å². The van der Waals surface area contributed by atoms with Crippen LogP contribution < -0.4 is 5.32 Å². The second kappa shape index (κ2) is 7.54. The van der Waals surface area contributed by atoms with Crippen molar-refractivity contribution in [3.8, 4) is 0 Å². The van der Waals surface area contributed by atoms with Crippen LogP contribution in [0.15, 0.2) is 11.6 Å². The highest BCUT2D eigenvalue weighted by Gasteiger charge is 2.30. The number of carbonyl (C=O) groups is 2. The van der Waals surface area contributed by atoms with E-state index in [1.807, 2.05) is 19.2 Å². The summed E-state index contributed by atoms with van der Waals surface area (Å²) in [4.78, 5) is 30.5. The Kier molecular flexibility index (Phi) is 5.73. The van der Waals surface area contributed by atoms with Crippen molar-refractivity contribution >= 4 is 28.3 Å². The van der Waals surface area contributed by atoms with Gasteiger partial charge in [0, 0.05) is 23.5 Å². The van der Waals surface area contributed by atoms with Gasteiger partial charge in [0.25, 0.3) is 0 Å². The normalized spacial score (nSPS) is 16.7. The molecular weight excluding hydrogens is 286 g/mol. The zero-order chi connectivity index (χ0) is 15.2. The van der Waals surface area contributed by atoms with Gasteiger partial charge in [-0.1, -0.05) is 19.8 Å². The maximum absolute atomic E-state index is 12.6. The predicted molar refractivity (Wildman–Crippen MR) is 84.2 cm³/mol. The van der Waals surface area contributed by atoms with Crippen LogP contribution in [0, 0.1) is 5.92 Å². The fourth-order valence-corrected chi connectivity index (χ4v) is 3.22. The molecule has 0 bridgehead atoms. The van der Waals surface area contributed by atoms with Gasteiger partial charge in [-0.15, -0.1) is 11.3 Å². The molecular formula is C15H23N3O2S. The number of amides is 2. The Hall–Kier alpha value is -1.43. The third-order valence-electron chi connectivity index (χ3n) is 4.10. The summed E-state index contributed by atoms with van der Waals surface area (Å²) in [6, 6.07) is 0.0835. The number of aromatic nitrogens is 1. The van der Waals surface area contributed by atoms with Gasteiger partial charge in [-0.2, -0.15) is 0 Å². The molecule has 5 nitrogen and oxygen atoms in total. The van der Waals surface area contributed by atoms with Gasteiger partial charge in [0.15, 0.2) is 5.13 Å². The van der Waals surface area contributed by atoms with Crippen LogP contribution in [0.2, 0.25) is 0 Å². The fraction of sp³-hybridized carbons (Fsp3) is 0.667. The SMILES string of the molecule is CC[C@@H](C)N(CC(=O)Nc1nccs1)C(=O)C1CCCC1. The van der Waals surface area contributed by atoms with Crippen LogP contribution in [0.25, 0.3) is 0 Å². The molecule has 2 amide bonds. The Morgan fingerprint density at radius 1 is 1.48 bits per heavy atom. The number of nitrogens with one attached hydrogen (secondary N) is 1. The highest BCUT2D eigenvalue weighted by Crippen LogP contribution is 2.27. The highest BCUT2D eigenvalue weighted by atomic mass is 32.1. The molecule has 1 aromatic heterocycles. The number of carbonyl (C=O) groups excluding carboxylic acids is 2. The quantitative estimate of drug-likeness (QED) is 0.879. The Morgan fingerprint density at radius 3 is 2.76 bits per heavy atom. The standard InChI is InChI=1S/C15H23N3O2S/c1-3-11(2)18(14(20)12-6-4-5-7-12)10-13(19)17-15-16-8-9-21-15/h8-9,11-12H,3-7,10H2,1-2H3,(H,16,17,19)/t11-/m1/s1. The maximum Gasteiger partial charge on any atom is 0.245 e. The first-order valence-corrected chi connectivity index (χ1v) is 8.49. The van der Waals surface area contributed by atoms with Crippen LogP contribution in [0.3, 0.4) is 0 Å². The molecule has 21 heavy (non-hydrogen) atoms. The first-order valence-electron chi connectivity index (χ1n) is 7.61. The summed E-state index contributed by atoms with van der Waals surface area (Å²) < 4.78 is 0. The van der Waals surface area contributed by atoms with Gasteiger partial charge < -0.3 is 10.2 Å². The first kappa shape index (κ1) is 15.9. The summed E-state index contributed by atoms with van der Waals surface area (Å²) in [5, 5.41) is 5.14. The van der Waals surface area contributed by atoms with Gasteiger partial charge in [0.1, 0.15) is 6.54 Å². The van der Waals surface area contributed by atoms with Gasteiger partial charge in [-0.05, 0) is 26.2 Å². The van der Waals surface area contributed by atoms with E-state index in [4.69, 9.17) is 0 Å². The van der Waals surface area contributed by atoms with Gasteiger partial charge in [-0.3, -0.25) is 9.59 Å². The first-order chi connectivity index (χ1) is 10.1. The number of hydrogen-bond acceptors (Lipinski definition) is 4. The Bertz CT molecular complexity index is 469. The lowest BCUT2D eigenvalue weighted by atomic mass is 10.0. The summed E-state index contributed by atoms with van der Waals surface area (Å²) >= 11 is 1.38. The molecule has 1 saturated carbocycles. The summed E-state index contributed by atoms with van der Waals surface area (Å²) in [6.07, 6.45) is 6.66. The van der Waals surface area contributed by atoms with Gasteiger partial charge in [-0.25, -0.2) is 4.98 Å². The monoisotopic (exact) mass is 309 g/mol. The van der Waals surface area contributed by atoms with E-state index in [1.165, 1.54) is 11.3 Å². The number of thiazole rings is 1. The lowest BCUT2D eigenvalue weighted by Gasteiger charge is -2.30. The second-order valence-electron chi connectivity index (χ2n) is 5.59. The van der Waals surface area contributed by atoms with Crippen molar-refractivity contribution in [2.45, 2.75) is 52.0 Å². The molecule has 1 aliphatic rings. The van der Waals surface area contributed by atoms with Gasteiger partial charge in [0.2, 0.25) is 11.8 Å². The van der Waals surface area contributed by atoms with Crippen LogP contribution in [0.4, 0.5) is 5.13 Å². The third-order valence-corrected chi connectivity index (χ3v) is 4.79. The molecule has 1 fully saturated rings. The molecule has 1 N–H and O–H groups in total. The molecule has 0 unspecified atom stereocenters. The second-order valence-corrected chi connectivity index (χ2v) is 6.48. The number of rotatable bonds is 6. The Balaban J connectivity index is 1.98. The minimum Gasteiger partial charge on any atom is -0.330 e. The predicted octanol–water partition coefficient (Wildman–Crippen LogP) is 2.90. The van der Waals surface area contributed by atoms with Crippen LogP contribution in [0.1, 0.15) is 46.0 Å². The average molecular weight is 309 g/mol. The van der Waals surface area contributed by atoms with Crippen molar-refractivity contribution in [3.63, 3.8) is 0 Å². The van der Waals surface area contributed by atoms with Crippen molar-refractivity contribution < 1.29 is 9.59 Å². The lowest BCUT2D eigenvalue weighted by Crippen LogP contribution is -2.45. The van der Waals surface area contributed by atoms with E-state index in [0.29, 0.717) is 5.13 Å². The van der Waals surface area contributed by atoms with Crippen molar-refractivity contribution in [3.05, 3.63) is 11.6 Å². The molecule has 1 heterocycles. The van der Waals surface area contributed by atoms with E-state index in [-0.39, 0.29) is 30.3 Å². The lowest BCUT2D eigenvalue weighted by molar-refractivity contribution is -0.140. The fourth-order valence-electron chi connectivity index (χ4n) is 2.68. The third kappa shape index (κ3) is 4.27. The molecule has 1 atom stereocenters. The molecule has 0 aliphatic heterocycles. The van der Waals surface area contributed by atoms with Crippen molar-refractivity contribution in [2.75, 3.05) is 11.9 Å². The van der Waals surface area contributed by atoms with Gasteiger partial charge in [0.05, 0.1) is 0 Å². The zero-order valence-electron chi connectivity index (χ0n) is 12.7. The Labute approximate surface area is 129 Å². The molecule has 0 saturated heterocycles. The van der Waals surface area contributed by atoms with Crippen molar-refractivity contribution in [1.82, 2.24) is 9.88 Å². The molecule has 1 aromatic rings. The zero-order valence-corrected chi connectivity index (χ0v) is 13.5. The summed E-state index contributed by atoms with van der Waals surface area (Å²) in [6.45, 7) is 4.16. The highest BCUT2D eigenvalue weighted by molar-refractivity contribution is 7.13. The molecule has 2 rings (SSSR count). The number of hydrogen-bond donors (Lipinski definition) is 1. The molecule has 0 spiro atoms. The van der Waals surface area contributed by atoms with Crippen LogP contribution >= 0.6 is 11.3 Å². The summed E-state index contributed by atoms with van der Waals surface area (Å²) in [7, 11) is 0. The maximum atomic E-state index is 12.6. The van der Waals surface area contributed by atoms with E-state index in [9.17, 15) is 9.59 Å². The molecule has 0 aromatic carbocycles. The molecule has 6 heteroatoms. The number of nitrogens with zero attached hydrogens (tertiary/aromatic N) is 2. The van der Waals surface area contributed by atoms with E-state index >= 15 is 0 Å². The van der Waals surface area contributed by atoms with Gasteiger partial charge >= 0.3 is 0 Å². The minimum atomic E-state index is -0.170. The van der Waals surface area contributed by atoms with Crippen LogP contribution in [0.5, 0.6) is 0 Å². The smallest absolute Gasteiger partial charge is 0.245 e. The average Bonchev–Trinajstić information content (AvgIpc) is 3.16. The summed E-state index contributed by atoms with van der Waals surface area (Å²) in [5.74, 6) is 0.0689.